The number of aryl methyl sites for hydroxylation is 1. The zero-order valence-corrected chi connectivity index (χ0v) is 26.5. The molecule has 3 aromatic carbocycles. The van der Waals surface area contributed by atoms with Gasteiger partial charge in [0.05, 0.1) is 11.7 Å². The van der Waals surface area contributed by atoms with E-state index in [1.807, 2.05) is 30.1 Å². The van der Waals surface area contributed by atoms with Crippen molar-refractivity contribution in [1.82, 2.24) is 24.9 Å². The van der Waals surface area contributed by atoms with Crippen LogP contribution in [-0.4, -0.2) is 80.7 Å². The van der Waals surface area contributed by atoms with Crippen LogP contribution in [0, 0.1) is 0 Å². The molecular weight excluding hydrogens is 594 g/mol. The number of carbonyl (C=O) groups excluding carboxylic acids is 3. The number of likely N-dealkylation sites (tertiary alicyclic amines) is 1. The second-order valence-corrected chi connectivity index (χ2v) is 13.6. The lowest BCUT2D eigenvalue weighted by Gasteiger charge is -2.47. The molecule has 4 aromatic rings. The predicted molar refractivity (Wildman–Crippen MR) is 178 cm³/mol. The van der Waals surface area contributed by atoms with Gasteiger partial charge in [0.15, 0.2) is 0 Å². The molecule has 11 heteroatoms. The zero-order chi connectivity index (χ0) is 32.3. The molecule has 3 amide bonds. The first kappa shape index (κ1) is 29.6. The molecule has 11 nitrogen and oxygen atoms in total. The fourth-order valence-electron chi connectivity index (χ4n) is 7.67. The maximum atomic E-state index is 13.0. The van der Waals surface area contributed by atoms with E-state index in [1.54, 1.807) is 11.0 Å². The average Bonchev–Trinajstić information content (AvgIpc) is 3.59. The van der Waals surface area contributed by atoms with Crippen molar-refractivity contribution >= 4 is 40.0 Å². The van der Waals surface area contributed by atoms with E-state index in [0.29, 0.717) is 37.7 Å². The Morgan fingerprint density at radius 2 is 1.77 bits per heavy atom. The van der Waals surface area contributed by atoms with Gasteiger partial charge >= 0.3 is 0 Å². The second kappa shape index (κ2) is 11.5. The summed E-state index contributed by atoms with van der Waals surface area (Å²) in [4.78, 5) is 43.2. The third kappa shape index (κ3) is 5.53. The van der Waals surface area contributed by atoms with Crippen LogP contribution < -0.4 is 15.5 Å². The van der Waals surface area contributed by atoms with Crippen LogP contribution in [-0.2, 0) is 35.3 Å². The second-order valence-electron chi connectivity index (χ2n) is 13.6. The molecule has 1 aromatic heterocycles. The zero-order valence-electron chi connectivity index (χ0n) is 26.5. The lowest BCUT2D eigenvalue weighted by atomic mass is 9.84. The van der Waals surface area contributed by atoms with Crippen molar-refractivity contribution in [1.29, 1.82) is 0 Å². The molecule has 0 radical (unpaired) electrons. The molecular formula is C36H39N7O4. The third-order valence-corrected chi connectivity index (χ3v) is 10.4. The van der Waals surface area contributed by atoms with E-state index in [-0.39, 0.29) is 18.2 Å². The minimum atomic E-state index is -0.984. The highest BCUT2D eigenvalue weighted by atomic mass is 16.3. The molecule has 5 heterocycles. The van der Waals surface area contributed by atoms with E-state index >= 15 is 0 Å². The Labute approximate surface area is 273 Å². The van der Waals surface area contributed by atoms with E-state index in [1.165, 1.54) is 11.3 Å². The van der Waals surface area contributed by atoms with Gasteiger partial charge in [0.2, 0.25) is 11.8 Å². The molecule has 0 saturated carbocycles. The van der Waals surface area contributed by atoms with Crippen LogP contribution in [0.15, 0.2) is 66.9 Å². The first-order valence-corrected chi connectivity index (χ1v) is 16.5. The number of nitrogens with zero attached hydrogens (tertiary/aromatic N) is 5. The number of aromatic nitrogens is 2. The van der Waals surface area contributed by atoms with E-state index in [4.69, 9.17) is 0 Å². The van der Waals surface area contributed by atoms with Crippen molar-refractivity contribution in [2.75, 3.05) is 36.4 Å². The highest BCUT2D eigenvalue weighted by molar-refractivity contribution is 6.05. The fourth-order valence-corrected chi connectivity index (χ4v) is 7.67. The van der Waals surface area contributed by atoms with Crippen LogP contribution in [0.4, 0.5) is 11.4 Å². The first-order valence-electron chi connectivity index (χ1n) is 16.5. The van der Waals surface area contributed by atoms with Crippen LogP contribution in [0.5, 0.6) is 0 Å². The van der Waals surface area contributed by atoms with Gasteiger partial charge in [-0.2, -0.15) is 5.10 Å². The van der Waals surface area contributed by atoms with Crippen LogP contribution >= 0.6 is 0 Å². The van der Waals surface area contributed by atoms with Crippen molar-refractivity contribution in [3.63, 3.8) is 0 Å². The maximum absolute atomic E-state index is 13.0. The van der Waals surface area contributed by atoms with E-state index < -0.39 is 17.6 Å². The van der Waals surface area contributed by atoms with Gasteiger partial charge in [-0.05, 0) is 72.4 Å². The topological polar surface area (TPSA) is 123 Å². The molecule has 8 rings (SSSR count). The molecule has 1 unspecified atom stereocenters. The normalized spacial score (nSPS) is 21.6. The maximum Gasteiger partial charge on any atom is 0.255 e. The minimum Gasteiger partial charge on any atom is -0.382 e. The van der Waals surface area contributed by atoms with Crippen molar-refractivity contribution < 1.29 is 19.5 Å². The van der Waals surface area contributed by atoms with Crippen molar-refractivity contribution in [3.8, 4) is 0 Å². The molecule has 3 fully saturated rings. The number of β-amino-alcohol motifs (C(OH)–C–C–N with tert-alkyl or cyclic N) is 1. The van der Waals surface area contributed by atoms with Gasteiger partial charge in [0.1, 0.15) is 11.6 Å². The quantitative estimate of drug-likeness (QED) is 0.266. The molecule has 0 bridgehead atoms. The number of nitrogens with one attached hydrogen (secondary N) is 2. The Kier molecular flexibility index (Phi) is 7.25. The van der Waals surface area contributed by atoms with Gasteiger partial charge in [-0.15, -0.1) is 0 Å². The highest BCUT2D eigenvalue weighted by Crippen LogP contribution is 2.37. The summed E-state index contributed by atoms with van der Waals surface area (Å²) in [6, 6.07) is 20.5. The van der Waals surface area contributed by atoms with Crippen molar-refractivity contribution in [2.45, 2.75) is 56.5 Å². The summed E-state index contributed by atoms with van der Waals surface area (Å²) in [6.07, 6.45) is 4.60. The number of fused-ring (bicyclic) bond motifs is 2. The summed E-state index contributed by atoms with van der Waals surface area (Å²) in [6.45, 7) is 4.07. The van der Waals surface area contributed by atoms with Crippen LogP contribution in [0.1, 0.15) is 52.7 Å². The third-order valence-electron chi connectivity index (χ3n) is 10.4. The Morgan fingerprint density at radius 3 is 2.53 bits per heavy atom. The molecule has 242 valence electrons. The summed E-state index contributed by atoms with van der Waals surface area (Å²) in [7, 11) is 1.97. The molecule has 3 N–H and O–H groups in total. The number of piperidine rings is 2. The number of aliphatic hydroxyl groups is 1. The van der Waals surface area contributed by atoms with E-state index in [9.17, 15) is 19.5 Å². The van der Waals surface area contributed by atoms with Crippen LogP contribution in [0.2, 0.25) is 0 Å². The number of benzene rings is 3. The van der Waals surface area contributed by atoms with Gasteiger partial charge in [0.25, 0.3) is 5.91 Å². The summed E-state index contributed by atoms with van der Waals surface area (Å²) in [5.74, 6) is -0.922. The largest absolute Gasteiger partial charge is 0.382 e. The summed E-state index contributed by atoms with van der Waals surface area (Å²) < 4.78 is 1.91. The number of carbonyl (C=O) groups is 3. The average molecular weight is 634 g/mol. The summed E-state index contributed by atoms with van der Waals surface area (Å²) in [5, 5.41) is 23.0. The van der Waals surface area contributed by atoms with Gasteiger partial charge in [-0.1, -0.05) is 24.3 Å². The van der Waals surface area contributed by atoms with Crippen LogP contribution in [0.25, 0.3) is 10.9 Å². The SMILES string of the molecule is Cn1ncc2ccc(NC3CCN(c4ccc(CN5CC(O)(c6ccc7c(c6)CN(C6CCC(=O)NC6=O)C7=O)C5)cc4)CC3)cc21. The smallest absolute Gasteiger partial charge is 0.255 e. The Bertz CT molecular complexity index is 1870. The molecule has 47 heavy (non-hydrogen) atoms. The van der Waals surface area contributed by atoms with Gasteiger partial charge in [-0.3, -0.25) is 29.3 Å². The van der Waals surface area contributed by atoms with E-state index in [0.717, 1.165) is 60.2 Å². The Balaban J connectivity index is 0.830. The predicted octanol–water partition coefficient (Wildman–Crippen LogP) is 3.12. The van der Waals surface area contributed by atoms with Crippen molar-refractivity contribution in [2.24, 2.45) is 7.05 Å². The molecule has 1 atom stereocenters. The number of amides is 3. The van der Waals surface area contributed by atoms with Gasteiger partial charge in [0, 0.05) is 81.1 Å². The first-order chi connectivity index (χ1) is 22.7. The highest BCUT2D eigenvalue weighted by Gasteiger charge is 2.44. The fraction of sp³-hybridized carbons (Fsp3) is 0.389. The number of rotatable bonds is 7. The molecule has 0 aliphatic carbocycles. The van der Waals surface area contributed by atoms with E-state index in [2.05, 4.69) is 68.0 Å². The lowest BCUT2D eigenvalue weighted by Crippen LogP contribution is -2.58. The van der Waals surface area contributed by atoms with Gasteiger partial charge in [-0.25, -0.2) is 0 Å². The number of imide groups is 1. The lowest BCUT2D eigenvalue weighted by molar-refractivity contribution is -0.136. The van der Waals surface area contributed by atoms with Crippen LogP contribution in [0.3, 0.4) is 0 Å². The molecule has 0 spiro atoms. The minimum absolute atomic E-state index is 0.202. The Morgan fingerprint density at radius 1 is 0.979 bits per heavy atom. The number of anilines is 2. The summed E-state index contributed by atoms with van der Waals surface area (Å²) >= 11 is 0. The molecule has 4 aliphatic heterocycles. The number of hydrogen-bond donors (Lipinski definition) is 3. The summed E-state index contributed by atoms with van der Waals surface area (Å²) in [5.41, 5.74) is 5.89. The van der Waals surface area contributed by atoms with Gasteiger partial charge < -0.3 is 20.2 Å². The van der Waals surface area contributed by atoms with Crippen molar-refractivity contribution in [3.05, 3.63) is 89.1 Å². The monoisotopic (exact) mass is 633 g/mol. The number of hydrogen-bond acceptors (Lipinski definition) is 8. The molecule has 3 saturated heterocycles. The Hall–Kier alpha value is -4.74. The molecule has 4 aliphatic rings. The standard InChI is InChI=1S/C36H39N7O4/c1-40-32-17-28(6-4-24(32)18-37-40)38-27-12-14-42(15-13-27)29-7-2-23(3-8-29)19-41-21-36(47,22-41)26-5-9-30-25(16-26)20-43(35(30)46)31-10-11-33(44)39-34(31)45/h2-9,16-18,27,31,38,47H,10-15,19-22H2,1H3,(H,39,44,45).